The van der Waals surface area contributed by atoms with Gasteiger partial charge in [-0.05, 0) is 42.0 Å². The highest BCUT2D eigenvalue weighted by Gasteiger charge is 2.00. The highest BCUT2D eigenvalue weighted by atomic mass is 16.4. The van der Waals surface area contributed by atoms with Crippen LogP contribution in [0.25, 0.3) is 0 Å². The molecule has 0 fully saturated rings. The van der Waals surface area contributed by atoms with Crippen LogP contribution < -0.4 is 0 Å². The molecule has 3 rings (SSSR count). The highest BCUT2D eigenvalue weighted by molar-refractivity contribution is 5.49. The lowest BCUT2D eigenvalue weighted by Gasteiger charge is -2.01. The molecule has 22 heavy (non-hydrogen) atoms. The van der Waals surface area contributed by atoms with E-state index in [-0.39, 0.29) is 0 Å². The van der Waals surface area contributed by atoms with Gasteiger partial charge in [0.1, 0.15) is 0 Å². The second-order valence-electron chi connectivity index (χ2n) is 4.21. The number of rotatable bonds is 1. The van der Waals surface area contributed by atoms with E-state index in [1.54, 1.807) is 0 Å². The lowest BCUT2D eigenvalue weighted by atomic mass is 10.0. The zero-order valence-corrected chi connectivity index (χ0v) is 11.7. The zero-order chi connectivity index (χ0) is 15.2. The lowest BCUT2D eigenvalue weighted by Crippen LogP contribution is -1.89. The van der Waals surface area contributed by atoms with Crippen molar-refractivity contribution in [2.75, 3.05) is 0 Å². The Hall–Kier alpha value is -3.38. The van der Waals surface area contributed by atoms with E-state index in [1.165, 1.54) is 12.8 Å². The van der Waals surface area contributed by atoms with Crippen molar-refractivity contribution in [1.29, 1.82) is 0 Å². The van der Waals surface area contributed by atoms with Gasteiger partial charge in [-0.3, -0.25) is 0 Å². The van der Waals surface area contributed by atoms with Crippen LogP contribution in [0, 0.1) is 23.7 Å². The van der Waals surface area contributed by atoms with Crippen molar-refractivity contribution in [3.63, 3.8) is 0 Å². The fourth-order valence-electron chi connectivity index (χ4n) is 1.79. The summed E-state index contributed by atoms with van der Waals surface area (Å²) >= 11 is 0. The van der Waals surface area contributed by atoms with E-state index in [0.29, 0.717) is 11.8 Å². The standard InChI is InChI=1S/C16H10N4O2/c1-2-13-9-12(4-7-15-19-17-10-21-15)3-5-14(13)6-8-16-20-18-11-22-16/h3,5,9-11H,2H2,1H3. The van der Waals surface area contributed by atoms with Crippen LogP contribution in [0.3, 0.4) is 0 Å². The van der Waals surface area contributed by atoms with Crippen molar-refractivity contribution >= 4 is 0 Å². The van der Waals surface area contributed by atoms with Gasteiger partial charge < -0.3 is 8.83 Å². The molecule has 0 N–H and O–H groups in total. The summed E-state index contributed by atoms with van der Waals surface area (Å²) in [6, 6.07) is 5.79. The van der Waals surface area contributed by atoms with Gasteiger partial charge in [-0.15, -0.1) is 10.2 Å². The molecule has 2 heterocycles. The minimum Gasteiger partial charge on any atom is -0.417 e. The van der Waals surface area contributed by atoms with Crippen molar-refractivity contribution in [2.24, 2.45) is 0 Å². The van der Waals surface area contributed by atoms with Crippen LogP contribution in [0.15, 0.2) is 39.8 Å². The Labute approximate surface area is 126 Å². The number of aryl methyl sites for hydroxylation is 1. The van der Waals surface area contributed by atoms with Crippen LogP contribution in [0.4, 0.5) is 0 Å². The molecule has 0 aliphatic carbocycles. The van der Waals surface area contributed by atoms with Gasteiger partial charge in [-0.1, -0.05) is 29.0 Å². The van der Waals surface area contributed by atoms with Crippen molar-refractivity contribution in [3.05, 3.63) is 59.5 Å². The fourth-order valence-corrected chi connectivity index (χ4v) is 1.79. The summed E-state index contributed by atoms with van der Waals surface area (Å²) in [6.07, 6.45) is 3.34. The van der Waals surface area contributed by atoms with Gasteiger partial charge in [0, 0.05) is 11.1 Å². The van der Waals surface area contributed by atoms with Crippen molar-refractivity contribution in [1.82, 2.24) is 20.4 Å². The van der Waals surface area contributed by atoms with Gasteiger partial charge >= 0.3 is 0 Å². The van der Waals surface area contributed by atoms with E-state index >= 15 is 0 Å². The molecule has 0 radical (unpaired) electrons. The molecule has 0 aliphatic heterocycles. The minimum atomic E-state index is 0.290. The molecule has 1 aromatic carbocycles. The van der Waals surface area contributed by atoms with Crippen LogP contribution in [0.2, 0.25) is 0 Å². The van der Waals surface area contributed by atoms with E-state index in [1.807, 2.05) is 18.2 Å². The molecule has 0 saturated carbocycles. The molecule has 0 saturated heterocycles. The molecule has 0 aliphatic rings. The van der Waals surface area contributed by atoms with E-state index in [2.05, 4.69) is 51.0 Å². The number of nitrogens with zero attached hydrogens (tertiary/aromatic N) is 4. The molecule has 6 nitrogen and oxygen atoms in total. The maximum Gasteiger partial charge on any atom is 0.294 e. The number of benzene rings is 1. The lowest BCUT2D eigenvalue weighted by molar-refractivity contribution is 0.539. The second kappa shape index (κ2) is 6.38. The van der Waals surface area contributed by atoms with Crippen LogP contribution in [-0.2, 0) is 6.42 Å². The van der Waals surface area contributed by atoms with Gasteiger partial charge in [0.2, 0.25) is 12.8 Å². The summed E-state index contributed by atoms with van der Waals surface area (Å²) in [6.45, 7) is 2.06. The van der Waals surface area contributed by atoms with E-state index in [9.17, 15) is 0 Å². The average molecular weight is 290 g/mol. The molecule has 0 unspecified atom stereocenters. The highest BCUT2D eigenvalue weighted by Crippen LogP contribution is 2.12. The van der Waals surface area contributed by atoms with Crippen LogP contribution in [0.5, 0.6) is 0 Å². The number of hydrogen-bond donors (Lipinski definition) is 0. The molecule has 0 bridgehead atoms. The minimum absolute atomic E-state index is 0.290. The quantitative estimate of drug-likeness (QED) is 0.636. The first-order valence-corrected chi connectivity index (χ1v) is 6.54. The fraction of sp³-hybridized carbons (Fsp3) is 0.125. The molecule has 0 spiro atoms. The summed E-state index contributed by atoms with van der Waals surface area (Å²) in [5, 5.41) is 14.6. The first-order valence-electron chi connectivity index (χ1n) is 6.54. The maximum absolute atomic E-state index is 4.99. The Kier molecular flexibility index (Phi) is 3.94. The topological polar surface area (TPSA) is 77.8 Å². The van der Waals surface area contributed by atoms with Crippen molar-refractivity contribution < 1.29 is 8.83 Å². The summed E-state index contributed by atoms with van der Waals surface area (Å²) < 4.78 is 9.96. The van der Waals surface area contributed by atoms with Crippen LogP contribution in [0.1, 0.15) is 35.4 Å². The summed E-state index contributed by atoms with van der Waals surface area (Å²) in [4.78, 5) is 0. The molecule has 106 valence electrons. The van der Waals surface area contributed by atoms with Crippen LogP contribution >= 0.6 is 0 Å². The van der Waals surface area contributed by atoms with Gasteiger partial charge in [0.25, 0.3) is 11.8 Å². The van der Waals surface area contributed by atoms with Crippen molar-refractivity contribution in [2.45, 2.75) is 13.3 Å². The molecule has 0 amide bonds. The van der Waals surface area contributed by atoms with Gasteiger partial charge in [0.15, 0.2) is 0 Å². The van der Waals surface area contributed by atoms with E-state index < -0.39 is 0 Å². The molecular weight excluding hydrogens is 280 g/mol. The Morgan fingerprint density at radius 3 is 2.18 bits per heavy atom. The monoisotopic (exact) mass is 290 g/mol. The predicted octanol–water partition coefficient (Wildman–Crippen LogP) is 1.81. The SMILES string of the molecule is CCc1cc(C#Cc2nnco2)ccc1C#Cc1nnco1. The Bertz CT molecular complexity index is 876. The number of aromatic nitrogens is 4. The van der Waals surface area contributed by atoms with Crippen LogP contribution in [-0.4, -0.2) is 20.4 Å². The zero-order valence-electron chi connectivity index (χ0n) is 11.7. The van der Waals surface area contributed by atoms with Gasteiger partial charge in [0.05, 0.1) is 0 Å². The summed E-state index contributed by atoms with van der Waals surface area (Å²) in [5.74, 6) is 12.2. The molecule has 2 aromatic heterocycles. The smallest absolute Gasteiger partial charge is 0.294 e. The first-order chi connectivity index (χ1) is 10.8. The maximum atomic E-state index is 4.99. The third-order valence-corrected chi connectivity index (χ3v) is 2.82. The van der Waals surface area contributed by atoms with Crippen molar-refractivity contribution in [3.8, 4) is 23.7 Å². The Morgan fingerprint density at radius 1 is 0.909 bits per heavy atom. The molecule has 6 heteroatoms. The Morgan fingerprint density at radius 2 is 1.59 bits per heavy atom. The molecule has 3 aromatic rings. The predicted molar refractivity (Wildman–Crippen MR) is 76.4 cm³/mol. The molecule has 0 atom stereocenters. The Balaban J connectivity index is 1.87. The molecular formula is C16H10N4O2. The normalized spacial score (nSPS) is 9.50. The van der Waals surface area contributed by atoms with E-state index in [4.69, 9.17) is 8.83 Å². The third-order valence-electron chi connectivity index (χ3n) is 2.82. The second-order valence-corrected chi connectivity index (χ2v) is 4.21. The van der Waals surface area contributed by atoms with Gasteiger partial charge in [-0.2, -0.15) is 0 Å². The summed E-state index contributed by atoms with van der Waals surface area (Å²) in [5.41, 5.74) is 2.85. The third kappa shape index (κ3) is 3.20. The van der Waals surface area contributed by atoms with E-state index in [0.717, 1.165) is 23.1 Å². The average Bonchev–Trinajstić information content (AvgIpc) is 3.24. The first kappa shape index (κ1) is 13.6. The summed E-state index contributed by atoms with van der Waals surface area (Å²) in [7, 11) is 0. The largest absolute Gasteiger partial charge is 0.417 e. The van der Waals surface area contributed by atoms with Gasteiger partial charge in [-0.25, -0.2) is 0 Å². The number of hydrogen-bond acceptors (Lipinski definition) is 6.